The fourth-order valence-corrected chi connectivity index (χ4v) is 3.37. The van der Waals surface area contributed by atoms with E-state index in [0.717, 1.165) is 36.1 Å². The molecule has 2 N–H and O–H groups in total. The second-order valence-electron chi connectivity index (χ2n) is 7.45. The van der Waals surface area contributed by atoms with Gasteiger partial charge in [-0.05, 0) is 49.1 Å². The van der Waals surface area contributed by atoms with Crippen molar-refractivity contribution in [1.82, 2.24) is 30.0 Å². The number of pyridine rings is 1. The fraction of sp³-hybridized carbons (Fsp3) is 0.364. The van der Waals surface area contributed by atoms with Crippen molar-refractivity contribution in [3.63, 3.8) is 0 Å². The van der Waals surface area contributed by atoms with Crippen LogP contribution in [0.2, 0.25) is 0 Å². The van der Waals surface area contributed by atoms with Crippen molar-refractivity contribution in [2.24, 2.45) is 0 Å². The number of benzene rings is 1. The van der Waals surface area contributed by atoms with Crippen molar-refractivity contribution in [3.8, 4) is 17.1 Å². The zero-order valence-corrected chi connectivity index (χ0v) is 17.5. The third-order valence-electron chi connectivity index (χ3n) is 5.17. The molecule has 0 aliphatic heterocycles. The van der Waals surface area contributed by atoms with E-state index in [2.05, 4.69) is 20.7 Å². The Balaban J connectivity index is 1.28. The van der Waals surface area contributed by atoms with E-state index in [4.69, 9.17) is 4.74 Å². The van der Waals surface area contributed by atoms with Crippen molar-refractivity contribution in [3.05, 3.63) is 64.8 Å². The van der Waals surface area contributed by atoms with Crippen LogP contribution in [0.5, 0.6) is 5.75 Å². The summed E-state index contributed by atoms with van der Waals surface area (Å²) in [6.07, 6.45) is 6.08. The monoisotopic (exact) mass is 422 g/mol. The van der Waals surface area contributed by atoms with E-state index in [1.165, 1.54) is 4.68 Å². The second kappa shape index (κ2) is 9.46. The van der Waals surface area contributed by atoms with E-state index in [1.54, 1.807) is 24.1 Å². The maximum absolute atomic E-state index is 12.8. The number of urea groups is 1. The number of hydrogen-bond donors (Lipinski definition) is 2. The summed E-state index contributed by atoms with van der Waals surface area (Å²) < 4.78 is 8.29. The number of hydrogen-bond acceptors (Lipinski definition) is 5. The number of carbonyl (C=O) groups excluding carboxylic acids is 1. The molecule has 2 aromatic heterocycles. The molecule has 0 atom stereocenters. The Morgan fingerprint density at radius 2 is 1.94 bits per heavy atom. The standard InChI is InChI=1S/C22H26N6O3/c1-31-19-8-4-16(5-9-19)10-12-24-21(29)25-13-14-27-22(30)28(18-6-7-18)20(26-27)17-3-2-11-23-15-17/h2-5,8-9,11,15,18H,6-7,10,12-14H2,1H3,(H2,24,25,29). The Morgan fingerprint density at radius 3 is 2.61 bits per heavy atom. The van der Waals surface area contributed by atoms with Crippen LogP contribution in [0.4, 0.5) is 4.79 Å². The van der Waals surface area contributed by atoms with Crippen molar-refractivity contribution in [2.75, 3.05) is 20.2 Å². The van der Waals surface area contributed by atoms with E-state index in [9.17, 15) is 9.59 Å². The third-order valence-corrected chi connectivity index (χ3v) is 5.17. The lowest BCUT2D eigenvalue weighted by Gasteiger charge is -2.08. The molecule has 162 valence electrons. The van der Waals surface area contributed by atoms with E-state index in [0.29, 0.717) is 25.5 Å². The third kappa shape index (κ3) is 5.11. The minimum Gasteiger partial charge on any atom is -0.497 e. The van der Waals surface area contributed by atoms with E-state index in [-0.39, 0.29) is 17.8 Å². The van der Waals surface area contributed by atoms with Gasteiger partial charge in [-0.1, -0.05) is 12.1 Å². The molecule has 0 radical (unpaired) electrons. The maximum Gasteiger partial charge on any atom is 0.346 e. The Hall–Kier alpha value is -3.62. The molecule has 3 aromatic rings. The molecule has 9 nitrogen and oxygen atoms in total. The zero-order chi connectivity index (χ0) is 21.6. The van der Waals surface area contributed by atoms with Crippen LogP contribution < -0.4 is 21.1 Å². The topological polar surface area (TPSA) is 103 Å². The van der Waals surface area contributed by atoms with Gasteiger partial charge >= 0.3 is 11.7 Å². The molecular formula is C22H26N6O3. The first-order chi connectivity index (χ1) is 15.2. The minimum absolute atomic E-state index is 0.150. The average molecular weight is 422 g/mol. The molecule has 4 rings (SSSR count). The van der Waals surface area contributed by atoms with Gasteiger partial charge in [0.2, 0.25) is 0 Å². The van der Waals surface area contributed by atoms with Gasteiger partial charge in [0.25, 0.3) is 0 Å². The first-order valence-corrected chi connectivity index (χ1v) is 10.4. The Labute approximate surface area is 180 Å². The summed E-state index contributed by atoms with van der Waals surface area (Å²) in [5, 5.41) is 10.1. The summed E-state index contributed by atoms with van der Waals surface area (Å²) in [5.74, 6) is 1.44. The zero-order valence-electron chi connectivity index (χ0n) is 17.5. The number of carbonyl (C=O) groups is 1. The summed E-state index contributed by atoms with van der Waals surface area (Å²) in [6, 6.07) is 11.4. The number of nitrogens with one attached hydrogen (secondary N) is 2. The lowest BCUT2D eigenvalue weighted by Crippen LogP contribution is -2.39. The molecule has 2 amide bonds. The fourth-order valence-electron chi connectivity index (χ4n) is 3.37. The van der Waals surface area contributed by atoms with Crippen LogP contribution in [0.25, 0.3) is 11.4 Å². The number of aromatic nitrogens is 4. The number of nitrogens with zero attached hydrogens (tertiary/aromatic N) is 4. The van der Waals surface area contributed by atoms with Gasteiger partial charge in [0.05, 0.1) is 13.7 Å². The van der Waals surface area contributed by atoms with Crippen LogP contribution in [0.3, 0.4) is 0 Å². The summed E-state index contributed by atoms with van der Waals surface area (Å²) in [7, 11) is 1.63. The van der Waals surface area contributed by atoms with Crippen molar-refractivity contribution < 1.29 is 9.53 Å². The molecule has 1 saturated carbocycles. The van der Waals surface area contributed by atoms with Gasteiger partial charge in [-0.2, -0.15) is 0 Å². The summed E-state index contributed by atoms with van der Waals surface area (Å²) in [5.41, 5.74) is 1.78. The molecule has 0 bridgehead atoms. The normalized spacial score (nSPS) is 13.1. The van der Waals surface area contributed by atoms with Gasteiger partial charge in [0, 0.05) is 37.1 Å². The van der Waals surface area contributed by atoms with E-state index < -0.39 is 0 Å². The molecule has 1 aliphatic carbocycles. The van der Waals surface area contributed by atoms with Crippen LogP contribution in [0.15, 0.2) is 53.6 Å². The first-order valence-electron chi connectivity index (χ1n) is 10.4. The molecule has 1 aliphatic rings. The van der Waals surface area contributed by atoms with Crippen molar-refractivity contribution in [1.29, 1.82) is 0 Å². The number of amides is 2. The Kier molecular flexibility index (Phi) is 6.30. The lowest BCUT2D eigenvalue weighted by atomic mass is 10.1. The van der Waals surface area contributed by atoms with Crippen LogP contribution >= 0.6 is 0 Å². The van der Waals surface area contributed by atoms with E-state index >= 15 is 0 Å². The highest BCUT2D eigenvalue weighted by Crippen LogP contribution is 2.36. The smallest absolute Gasteiger partial charge is 0.346 e. The molecule has 2 heterocycles. The van der Waals surface area contributed by atoms with Crippen LogP contribution in [0, 0.1) is 0 Å². The molecule has 0 saturated heterocycles. The lowest BCUT2D eigenvalue weighted by molar-refractivity contribution is 0.240. The number of rotatable bonds is 9. The first kappa shape index (κ1) is 20.6. The van der Waals surface area contributed by atoms with Gasteiger partial charge in [0.1, 0.15) is 5.75 Å². The molecule has 0 unspecified atom stereocenters. The Bertz CT molecular complexity index is 1070. The van der Waals surface area contributed by atoms with Crippen LogP contribution in [-0.2, 0) is 13.0 Å². The quantitative estimate of drug-likeness (QED) is 0.549. The maximum atomic E-state index is 12.8. The largest absolute Gasteiger partial charge is 0.497 e. The second-order valence-corrected chi connectivity index (χ2v) is 7.45. The Morgan fingerprint density at radius 1 is 1.16 bits per heavy atom. The summed E-state index contributed by atoms with van der Waals surface area (Å²) in [6.45, 7) is 1.12. The van der Waals surface area contributed by atoms with Crippen molar-refractivity contribution >= 4 is 6.03 Å². The predicted molar refractivity (Wildman–Crippen MR) is 116 cm³/mol. The van der Waals surface area contributed by atoms with Gasteiger partial charge in [-0.3, -0.25) is 9.55 Å². The molecule has 9 heteroatoms. The SMILES string of the molecule is COc1ccc(CCNC(=O)NCCn2nc(-c3cccnc3)n(C3CC3)c2=O)cc1. The molecule has 1 aromatic carbocycles. The number of ether oxygens (including phenoxy) is 1. The molecule has 1 fully saturated rings. The van der Waals surface area contributed by atoms with Crippen molar-refractivity contribution in [2.45, 2.75) is 31.8 Å². The summed E-state index contributed by atoms with van der Waals surface area (Å²) in [4.78, 5) is 29.0. The highest BCUT2D eigenvalue weighted by Gasteiger charge is 2.30. The number of methoxy groups -OCH3 is 1. The minimum atomic E-state index is -0.268. The van der Waals surface area contributed by atoms with Gasteiger partial charge in [0.15, 0.2) is 5.82 Å². The predicted octanol–water partition coefficient (Wildman–Crippen LogP) is 1.99. The van der Waals surface area contributed by atoms with E-state index in [1.807, 2.05) is 36.4 Å². The molecule has 31 heavy (non-hydrogen) atoms. The van der Waals surface area contributed by atoms with Crippen LogP contribution in [-0.4, -0.2) is 45.6 Å². The highest BCUT2D eigenvalue weighted by molar-refractivity contribution is 5.73. The average Bonchev–Trinajstić information content (AvgIpc) is 3.58. The molecule has 0 spiro atoms. The highest BCUT2D eigenvalue weighted by atomic mass is 16.5. The van der Waals surface area contributed by atoms with Gasteiger partial charge in [-0.25, -0.2) is 14.3 Å². The summed E-state index contributed by atoms with van der Waals surface area (Å²) >= 11 is 0. The van der Waals surface area contributed by atoms with Gasteiger partial charge in [-0.15, -0.1) is 5.10 Å². The van der Waals surface area contributed by atoms with Crippen LogP contribution in [0.1, 0.15) is 24.4 Å². The molecular weight excluding hydrogens is 396 g/mol. The van der Waals surface area contributed by atoms with Gasteiger partial charge < -0.3 is 15.4 Å².